The maximum absolute atomic E-state index is 15.1. The molecule has 2 aromatic heterocycles. The van der Waals surface area contributed by atoms with E-state index in [0.717, 1.165) is 44.7 Å². The molecule has 39 heavy (non-hydrogen) atoms. The maximum Gasteiger partial charge on any atom is 0.230 e. The molecule has 1 amide bonds. The molecule has 2 fully saturated rings. The molecule has 0 saturated carbocycles. The van der Waals surface area contributed by atoms with Crippen LogP contribution >= 0.6 is 0 Å². The van der Waals surface area contributed by atoms with Gasteiger partial charge in [-0.15, -0.1) is 0 Å². The van der Waals surface area contributed by atoms with Crippen LogP contribution in [0.3, 0.4) is 0 Å². The predicted molar refractivity (Wildman–Crippen MR) is 142 cm³/mol. The number of carbonyl (C=O) groups excluding carboxylic acids is 1. The SMILES string of the molecule is COc1cc2c(Oc3cnc4c(c3F)C=C(C)C4)ncnc2cc1OCCCC(=O)N1CCC2(CC1)COC2. The summed E-state index contributed by atoms with van der Waals surface area (Å²) < 4.78 is 37.9. The number of allylic oxidation sites excluding steroid dienone is 1. The summed E-state index contributed by atoms with van der Waals surface area (Å²) in [7, 11) is 1.54. The summed E-state index contributed by atoms with van der Waals surface area (Å²) in [5.41, 5.74) is 3.06. The monoisotopic (exact) mass is 534 g/mol. The van der Waals surface area contributed by atoms with Gasteiger partial charge in [-0.3, -0.25) is 9.78 Å². The molecule has 2 aliphatic heterocycles. The topological polar surface area (TPSA) is 95.9 Å². The highest BCUT2D eigenvalue weighted by atomic mass is 19.1. The molecule has 0 bridgehead atoms. The van der Waals surface area contributed by atoms with Crippen LogP contribution in [0.2, 0.25) is 0 Å². The molecular formula is C29H31FN4O5. The number of hydrogen-bond acceptors (Lipinski definition) is 8. The highest BCUT2D eigenvalue weighted by Gasteiger charge is 2.41. The summed E-state index contributed by atoms with van der Waals surface area (Å²) in [5, 5.41) is 0.545. The van der Waals surface area contributed by atoms with Crippen LogP contribution < -0.4 is 14.2 Å². The molecule has 3 aliphatic rings. The van der Waals surface area contributed by atoms with E-state index in [2.05, 4.69) is 15.0 Å². The highest BCUT2D eigenvalue weighted by molar-refractivity contribution is 5.87. The van der Waals surface area contributed by atoms with Gasteiger partial charge in [-0.2, -0.15) is 0 Å². The van der Waals surface area contributed by atoms with E-state index in [1.165, 1.54) is 19.6 Å². The third kappa shape index (κ3) is 5.01. The molecule has 0 unspecified atom stereocenters. The van der Waals surface area contributed by atoms with E-state index < -0.39 is 5.82 Å². The number of likely N-dealkylation sites (tertiary alicyclic amines) is 1. The predicted octanol–water partition coefficient (Wildman–Crippen LogP) is 4.72. The number of piperidine rings is 1. The van der Waals surface area contributed by atoms with Gasteiger partial charge in [0.15, 0.2) is 23.1 Å². The number of ether oxygens (including phenoxy) is 4. The molecule has 0 N–H and O–H groups in total. The third-order valence-corrected chi connectivity index (χ3v) is 7.82. The fraction of sp³-hybridized carbons (Fsp3) is 0.448. The lowest BCUT2D eigenvalue weighted by atomic mass is 9.77. The molecule has 0 radical (unpaired) electrons. The molecule has 10 heteroatoms. The van der Waals surface area contributed by atoms with Crippen LogP contribution in [0.5, 0.6) is 23.1 Å². The van der Waals surface area contributed by atoms with Crippen molar-refractivity contribution in [3.8, 4) is 23.1 Å². The molecule has 204 valence electrons. The normalized spacial score (nSPS) is 17.5. The zero-order valence-corrected chi connectivity index (χ0v) is 22.2. The number of amides is 1. The van der Waals surface area contributed by atoms with E-state index in [-0.39, 0.29) is 17.5 Å². The van der Waals surface area contributed by atoms with Crippen molar-refractivity contribution in [3.05, 3.63) is 47.3 Å². The molecule has 6 rings (SSSR count). The number of rotatable bonds is 8. The minimum Gasteiger partial charge on any atom is -0.493 e. The number of aromatic nitrogens is 3. The summed E-state index contributed by atoms with van der Waals surface area (Å²) in [6.07, 6.45) is 8.20. The average molecular weight is 535 g/mol. The first-order valence-corrected chi connectivity index (χ1v) is 13.3. The number of pyridine rings is 1. The van der Waals surface area contributed by atoms with Crippen LogP contribution in [0.15, 0.2) is 30.2 Å². The van der Waals surface area contributed by atoms with Gasteiger partial charge in [0.25, 0.3) is 0 Å². The van der Waals surface area contributed by atoms with Crippen molar-refractivity contribution < 1.29 is 28.1 Å². The van der Waals surface area contributed by atoms with E-state index >= 15 is 4.39 Å². The first kappa shape index (κ1) is 25.5. The maximum atomic E-state index is 15.1. The molecule has 0 atom stereocenters. The minimum atomic E-state index is -0.466. The summed E-state index contributed by atoms with van der Waals surface area (Å²) in [5.74, 6) is 0.834. The Morgan fingerprint density at radius 2 is 1.95 bits per heavy atom. The van der Waals surface area contributed by atoms with Crippen LogP contribution in [-0.4, -0.2) is 65.8 Å². The molecule has 3 aromatic rings. The summed E-state index contributed by atoms with van der Waals surface area (Å²) >= 11 is 0. The van der Waals surface area contributed by atoms with E-state index in [1.54, 1.807) is 18.2 Å². The van der Waals surface area contributed by atoms with Crippen molar-refractivity contribution in [1.82, 2.24) is 19.9 Å². The molecule has 1 aromatic carbocycles. The lowest BCUT2D eigenvalue weighted by Crippen LogP contribution is -2.52. The number of methoxy groups -OCH3 is 1. The fourth-order valence-corrected chi connectivity index (χ4v) is 5.41. The van der Waals surface area contributed by atoms with E-state index in [9.17, 15) is 4.79 Å². The van der Waals surface area contributed by atoms with Crippen LogP contribution in [-0.2, 0) is 16.0 Å². The van der Waals surface area contributed by atoms with Crippen LogP contribution in [0.4, 0.5) is 4.39 Å². The summed E-state index contributed by atoms with van der Waals surface area (Å²) in [6, 6.07) is 3.44. The molecule has 4 heterocycles. The van der Waals surface area contributed by atoms with E-state index in [4.69, 9.17) is 18.9 Å². The van der Waals surface area contributed by atoms with Gasteiger partial charge in [-0.05, 0) is 32.3 Å². The first-order chi connectivity index (χ1) is 18.9. The van der Waals surface area contributed by atoms with Crippen molar-refractivity contribution in [1.29, 1.82) is 0 Å². The van der Waals surface area contributed by atoms with Crippen LogP contribution in [0, 0.1) is 11.2 Å². The molecule has 2 saturated heterocycles. The van der Waals surface area contributed by atoms with Crippen LogP contribution in [0.1, 0.15) is 43.9 Å². The largest absolute Gasteiger partial charge is 0.493 e. The smallest absolute Gasteiger partial charge is 0.230 e. The molecule has 1 spiro atoms. The highest BCUT2D eigenvalue weighted by Crippen LogP contribution is 2.39. The number of halogens is 1. The molecule has 9 nitrogen and oxygen atoms in total. The van der Waals surface area contributed by atoms with E-state index in [1.807, 2.05) is 11.8 Å². The number of carbonyl (C=O) groups is 1. The molecule has 1 aliphatic carbocycles. The van der Waals surface area contributed by atoms with E-state index in [0.29, 0.717) is 64.9 Å². The Bertz CT molecular complexity index is 1450. The van der Waals surface area contributed by atoms with Crippen molar-refractivity contribution >= 4 is 22.9 Å². The Kier molecular flexibility index (Phi) is 6.80. The van der Waals surface area contributed by atoms with Gasteiger partial charge >= 0.3 is 0 Å². The second kappa shape index (κ2) is 10.4. The van der Waals surface area contributed by atoms with Crippen molar-refractivity contribution in [2.45, 2.75) is 39.0 Å². The van der Waals surface area contributed by atoms with Gasteiger partial charge in [0.05, 0.1) is 49.7 Å². The number of fused-ring (bicyclic) bond motifs is 2. The van der Waals surface area contributed by atoms with Crippen molar-refractivity contribution in [2.75, 3.05) is 40.0 Å². The zero-order chi connectivity index (χ0) is 27.0. The average Bonchev–Trinajstić information content (AvgIpc) is 3.32. The van der Waals surface area contributed by atoms with Gasteiger partial charge in [0.2, 0.25) is 11.8 Å². The Morgan fingerprint density at radius 1 is 1.13 bits per heavy atom. The lowest BCUT2D eigenvalue weighted by molar-refractivity contribution is -0.153. The quantitative estimate of drug-likeness (QED) is 0.383. The van der Waals surface area contributed by atoms with Gasteiger partial charge in [0.1, 0.15) is 6.33 Å². The number of hydrogen-bond donors (Lipinski definition) is 0. The van der Waals surface area contributed by atoms with Crippen LogP contribution in [0.25, 0.3) is 17.0 Å². The van der Waals surface area contributed by atoms with Gasteiger partial charge in [-0.1, -0.05) is 11.6 Å². The first-order valence-electron chi connectivity index (χ1n) is 13.3. The second-order valence-corrected chi connectivity index (χ2v) is 10.6. The van der Waals surface area contributed by atoms with Gasteiger partial charge in [0, 0.05) is 43.0 Å². The Labute approximate surface area is 226 Å². The van der Waals surface area contributed by atoms with Crippen molar-refractivity contribution in [2.24, 2.45) is 5.41 Å². The standard InChI is InChI=1S/C29H31FN4O5/c1-18-10-19-21(11-18)31-14-25(27(19)30)39-28-20-12-23(36-2)24(13-22(20)32-17-33-28)38-9-3-4-26(35)34-7-5-29(6-8-34)15-37-16-29/h10,12-14,17H,3-9,11,15-16H2,1-2H3. The Morgan fingerprint density at radius 3 is 2.69 bits per heavy atom. The zero-order valence-electron chi connectivity index (χ0n) is 22.2. The summed E-state index contributed by atoms with van der Waals surface area (Å²) in [6.45, 7) is 5.55. The number of nitrogens with zero attached hydrogens (tertiary/aromatic N) is 4. The Balaban J connectivity index is 1.11. The number of benzene rings is 1. The van der Waals surface area contributed by atoms with Gasteiger partial charge < -0.3 is 23.8 Å². The second-order valence-electron chi connectivity index (χ2n) is 10.6. The fourth-order valence-electron chi connectivity index (χ4n) is 5.41. The lowest BCUT2D eigenvalue weighted by Gasteiger charge is -2.47. The Hall–Kier alpha value is -3.79. The third-order valence-electron chi connectivity index (χ3n) is 7.82. The minimum absolute atomic E-state index is 0.00597. The van der Waals surface area contributed by atoms with Crippen molar-refractivity contribution in [3.63, 3.8) is 0 Å². The summed E-state index contributed by atoms with van der Waals surface area (Å²) in [4.78, 5) is 27.5. The van der Waals surface area contributed by atoms with Gasteiger partial charge in [-0.25, -0.2) is 14.4 Å². The molecular weight excluding hydrogens is 503 g/mol.